The molecule has 0 aliphatic heterocycles. The summed E-state index contributed by atoms with van der Waals surface area (Å²) in [6, 6.07) is 3.48. The lowest BCUT2D eigenvalue weighted by Crippen LogP contribution is -2.26. The SMILES string of the molecule is CCCNCc1ccc(S(=O)(=O)NC2CC2)nc1. The van der Waals surface area contributed by atoms with Gasteiger partial charge in [0.2, 0.25) is 0 Å². The zero-order chi connectivity index (χ0) is 13.0. The molecule has 0 amide bonds. The number of nitrogens with zero attached hydrogens (tertiary/aromatic N) is 1. The molecule has 1 aliphatic rings. The van der Waals surface area contributed by atoms with Gasteiger partial charge in [0.05, 0.1) is 0 Å². The zero-order valence-electron chi connectivity index (χ0n) is 10.5. The molecule has 1 aliphatic carbocycles. The lowest BCUT2D eigenvalue weighted by atomic mass is 10.3. The summed E-state index contributed by atoms with van der Waals surface area (Å²) in [6.07, 6.45) is 4.55. The number of hydrogen-bond donors (Lipinski definition) is 2. The van der Waals surface area contributed by atoms with Gasteiger partial charge in [0.1, 0.15) is 0 Å². The summed E-state index contributed by atoms with van der Waals surface area (Å²) in [5.74, 6) is 0. The van der Waals surface area contributed by atoms with E-state index in [1.165, 1.54) is 0 Å². The van der Waals surface area contributed by atoms with Crippen molar-refractivity contribution in [3.8, 4) is 0 Å². The van der Waals surface area contributed by atoms with Gasteiger partial charge in [0.15, 0.2) is 5.03 Å². The third-order valence-electron chi connectivity index (χ3n) is 2.73. The first-order chi connectivity index (χ1) is 8.62. The van der Waals surface area contributed by atoms with E-state index in [4.69, 9.17) is 0 Å². The molecular formula is C12H19N3O2S. The minimum absolute atomic E-state index is 0.105. The third kappa shape index (κ3) is 3.76. The van der Waals surface area contributed by atoms with Crippen molar-refractivity contribution in [3.63, 3.8) is 0 Å². The van der Waals surface area contributed by atoms with Gasteiger partial charge in [-0.3, -0.25) is 0 Å². The number of nitrogens with one attached hydrogen (secondary N) is 2. The number of aromatic nitrogens is 1. The molecule has 0 unspecified atom stereocenters. The Balaban J connectivity index is 1.97. The summed E-state index contributed by atoms with van der Waals surface area (Å²) in [7, 11) is -3.42. The van der Waals surface area contributed by atoms with Crippen LogP contribution in [0.5, 0.6) is 0 Å². The minimum Gasteiger partial charge on any atom is -0.313 e. The molecule has 2 N–H and O–H groups in total. The molecule has 0 saturated heterocycles. The van der Waals surface area contributed by atoms with Crippen molar-refractivity contribution < 1.29 is 8.42 Å². The maximum atomic E-state index is 11.9. The highest BCUT2D eigenvalue weighted by molar-refractivity contribution is 7.89. The highest BCUT2D eigenvalue weighted by atomic mass is 32.2. The van der Waals surface area contributed by atoms with E-state index in [-0.39, 0.29) is 11.1 Å². The lowest BCUT2D eigenvalue weighted by Gasteiger charge is -2.06. The number of sulfonamides is 1. The van der Waals surface area contributed by atoms with Crippen LogP contribution in [0.15, 0.2) is 23.4 Å². The first kappa shape index (κ1) is 13.5. The minimum atomic E-state index is -3.42. The van der Waals surface area contributed by atoms with Gasteiger partial charge in [-0.05, 0) is 37.4 Å². The Hall–Kier alpha value is -0.980. The first-order valence-corrected chi connectivity index (χ1v) is 7.78. The van der Waals surface area contributed by atoms with Crippen LogP contribution in [0.3, 0.4) is 0 Å². The van der Waals surface area contributed by atoms with Crippen molar-refractivity contribution in [1.29, 1.82) is 0 Å². The molecule has 1 saturated carbocycles. The van der Waals surface area contributed by atoms with Crippen molar-refractivity contribution >= 4 is 10.0 Å². The normalized spacial score (nSPS) is 15.8. The fraction of sp³-hybridized carbons (Fsp3) is 0.583. The standard InChI is InChI=1S/C12H19N3O2S/c1-2-7-13-8-10-3-6-12(14-9-10)18(16,17)15-11-4-5-11/h3,6,9,11,13,15H,2,4-5,7-8H2,1H3. The van der Waals surface area contributed by atoms with Gasteiger partial charge in [0.25, 0.3) is 10.0 Å². The van der Waals surface area contributed by atoms with Crippen LogP contribution in [-0.4, -0.2) is 26.0 Å². The van der Waals surface area contributed by atoms with E-state index in [0.29, 0.717) is 0 Å². The molecule has 1 heterocycles. The largest absolute Gasteiger partial charge is 0.313 e. The number of rotatable bonds is 7. The van der Waals surface area contributed by atoms with Crippen LogP contribution in [-0.2, 0) is 16.6 Å². The van der Waals surface area contributed by atoms with E-state index in [1.807, 2.05) is 0 Å². The maximum Gasteiger partial charge on any atom is 0.258 e. The highest BCUT2D eigenvalue weighted by Crippen LogP contribution is 2.21. The maximum absolute atomic E-state index is 11.9. The second kappa shape index (κ2) is 5.77. The van der Waals surface area contributed by atoms with Gasteiger partial charge >= 0.3 is 0 Å². The summed E-state index contributed by atoms with van der Waals surface area (Å²) in [6.45, 7) is 3.77. The van der Waals surface area contributed by atoms with Crippen LogP contribution < -0.4 is 10.0 Å². The molecule has 0 spiro atoms. The van der Waals surface area contributed by atoms with Crippen molar-refractivity contribution in [2.75, 3.05) is 6.54 Å². The number of hydrogen-bond acceptors (Lipinski definition) is 4. The fourth-order valence-electron chi connectivity index (χ4n) is 1.56. The molecule has 5 nitrogen and oxygen atoms in total. The van der Waals surface area contributed by atoms with Gasteiger partial charge in [-0.1, -0.05) is 13.0 Å². The van der Waals surface area contributed by atoms with E-state index in [1.54, 1.807) is 18.3 Å². The van der Waals surface area contributed by atoms with Crippen LogP contribution in [0.2, 0.25) is 0 Å². The van der Waals surface area contributed by atoms with Crippen LogP contribution in [0.4, 0.5) is 0 Å². The van der Waals surface area contributed by atoms with Crippen LogP contribution in [0.1, 0.15) is 31.7 Å². The van der Waals surface area contributed by atoms with E-state index >= 15 is 0 Å². The smallest absolute Gasteiger partial charge is 0.258 e. The molecule has 1 fully saturated rings. The van der Waals surface area contributed by atoms with E-state index < -0.39 is 10.0 Å². The molecule has 0 aromatic carbocycles. The molecular weight excluding hydrogens is 250 g/mol. The Morgan fingerprint density at radius 2 is 2.17 bits per heavy atom. The van der Waals surface area contributed by atoms with Crippen molar-refractivity contribution in [2.45, 2.75) is 43.8 Å². The third-order valence-corrected chi connectivity index (χ3v) is 4.16. The zero-order valence-corrected chi connectivity index (χ0v) is 11.3. The molecule has 2 rings (SSSR count). The van der Waals surface area contributed by atoms with Crippen LogP contribution in [0, 0.1) is 0 Å². The van der Waals surface area contributed by atoms with Gasteiger partial charge in [-0.15, -0.1) is 0 Å². The summed E-state index contributed by atoms with van der Waals surface area (Å²) >= 11 is 0. The van der Waals surface area contributed by atoms with E-state index in [0.717, 1.165) is 37.9 Å². The van der Waals surface area contributed by atoms with E-state index in [2.05, 4.69) is 21.9 Å². The molecule has 1 aromatic rings. The topological polar surface area (TPSA) is 71.1 Å². The molecule has 18 heavy (non-hydrogen) atoms. The Bertz CT molecular complexity index is 481. The Labute approximate surface area is 108 Å². The molecule has 100 valence electrons. The highest BCUT2D eigenvalue weighted by Gasteiger charge is 2.28. The summed E-state index contributed by atoms with van der Waals surface area (Å²) < 4.78 is 26.3. The lowest BCUT2D eigenvalue weighted by molar-refractivity contribution is 0.577. The molecule has 0 atom stereocenters. The van der Waals surface area contributed by atoms with Gasteiger partial charge in [0, 0.05) is 18.8 Å². The molecule has 0 bridgehead atoms. The Morgan fingerprint density at radius 3 is 2.72 bits per heavy atom. The van der Waals surface area contributed by atoms with Crippen molar-refractivity contribution in [2.24, 2.45) is 0 Å². The molecule has 1 aromatic heterocycles. The predicted molar refractivity (Wildman–Crippen MR) is 69.6 cm³/mol. The quantitative estimate of drug-likeness (QED) is 0.725. The van der Waals surface area contributed by atoms with Crippen molar-refractivity contribution in [3.05, 3.63) is 23.9 Å². The molecule has 6 heteroatoms. The fourth-order valence-corrected chi connectivity index (χ4v) is 2.80. The first-order valence-electron chi connectivity index (χ1n) is 6.30. The average molecular weight is 269 g/mol. The second-order valence-electron chi connectivity index (χ2n) is 4.58. The van der Waals surface area contributed by atoms with Gasteiger partial charge in [-0.2, -0.15) is 0 Å². The average Bonchev–Trinajstić information content (AvgIpc) is 3.13. The summed E-state index contributed by atoms with van der Waals surface area (Å²) in [5, 5.41) is 3.35. The summed E-state index contributed by atoms with van der Waals surface area (Å²) in [4.78, 5) is 4.02. The number of pyridine rings is 1. The van der Waals surface area contributed by atoms with Crippen LogP contribution >= 0.6 is 0 Å². The van der Waals surface area contributed by atoms with Gasteiger partial charge in [-0.25, -0.2) is 18.1 Å². The monoisotopic (exact) mass is 269 g/mol. The van der Waals surface area contributed by atoms with E-state index in [9.17, 15) is 8.42 Å². The summed E-state index contributed by atoms with van der Waals surface area (Å²) in [5.41, 5.74) is 0.994. The Morgan fingerprint density at radius 1 is 1.39 bits per heavy atom. The Kier molecular flexibility index (Phi) is 4.31. The predicted octanol–water partition coefficient (Wildman–Crippen LogP) is 1.02. The van der Waals surface area contributed by atoms with Crippen molar-refractivity contribution in [1.82, 2.24) is 15.0 Å². The van der Waals surface area contributed by atoms with Crippen LogP contribution in [0.25, 0.3) is 0 Å². The molecule has 0 radical (unpaired) electrons. The van der Waals surface area contributed by atoms with Gasteiger partial charge < -0.3 is 5.32 Å². The second-order valence-corrected chi connectivity index (χ2v) is 6.24.